The Morgan fingerprint density at radius 2 is 2.17 bits per heavy atom. The molecule has 0 aliphatic rings. The third-order valence-corrected chi connectivity index (χ3v) is 4.52. The smallest absolute Gasteiger partial charge is 0.228 e. The zero-order valence-corrected chi connectivity index (χ0v) is 15.1. The van der Waals surface area contributed by atoms with E-state index in [2.05, 4.69) is 39.6 Å². The Balaban J connectivity index is 1.60. The van der Waals surface area contributed by atoms with Crippen LogP contribution in [0.4, 0.5) is 5.13 Å². The first-order chi connectivity index (χ1) is 11.4. The van der Waals surface area contributed by atoms with E-state index in [0.29, 0.717) is 24.0 Å². The molecular weight excluding hydrogens is 326 g/mol. The molecule has 0 spiro atoms. The molecule has 0 aliphatic heterocycles. The van der Waals surface area contributed by atoms with Crippen molar-refractivity contribution in [2.45, 2.75) is 40.2 Å². The second kappa shape index (κ2) is 6.68. The van der Waals surface area contributed by atoms with Crippen LogP contribution in [-0.4, -0.2) is 35.7 Å². The van der Waals surface area contributed by atoms with Gasteiger partial charge in [0.25, 0.3) is 0 Å². The van der Waals surface area contributed by atoms with Crippen LogP contribution in [0.25, 0.3) is 11.0 Å². The number of carbonyl (C=O) groups is 1. The first kappa shape index (κ1) is 16.6. The fraction of sp³-hybridized carbons (Fsp3) is 0.533. The summed E-state index contributed by atoms with van der Waals surface area (Å²) in [5.41, 5.74) is 2.85. The monoisotopic (exact) mass is 347 g/mol. The lowest BCUT2D eigenvalue weighted by Gasteiger charge is -2.03. The van der Waals surface area contributed by atoms with Crippen LogP contribution in [0.1, 0.15) is 31.0 Å². The van der Waals surface area contributed by atoms with Crippen molar-refractivity contribution in [2.24, 2.45) is 13.0 Å². The van der Waals surface area contributed by atoms with E-state index >= 15 is 0 Å². The lowest BCUT2D eigenvalue weighted by atomic mass is 10.1. The zero-order valence-electron chi connectivity index (χ0n) is 14.3. The number of amides is 1. The third kappa shape index (κ3) is 3.45. The van der Waals surface area contributed by atoms with Crippen molar-refractivity contribution in [3.8, 4) is 0 Å². The summed E-state index contributed by atoms with van der Waals surface area (Å²) < 4.78 is 3.62. The van der Waals surface area contributed by atoms with Gasteiger partial charge in [0.2, 0.25) is 11.0 Å². The predicted octanol–water partition coefficient (Wildman–Crippen LogP) is 2.16. The van der Waals surface area contributed by atoms with Gasteiger partial charge in [0, 0.05) is 19.9 Å². The highest BCUT2D eigenvalue weighted by molar-refractivity contribution is 7.15. The highest BCUT2D eigenvalue weighted by Gasteiger charge is 2.13. The molecular formula is C15H21N7OS. The maximum Gasteiger partial charge on any atom is 0.228 e. The number of aromatic nitrogens is 6. The van der Waals surface area contributed by atoms with Crippen molar-refractivity contribution < 1.29 is 4.79 Å². The summed E-state index contributed by atoms with van der Waals surface area (Å²) in [5.74, 6) is 0.430. The second-order valence-corrected chi connectivity index (χ2v) is 7.27. The van der Waals surface area contributed by atoms with Gasteiger partial charge in [-0.05, 0) is 12.8 Å². The van der Waals surface area contributed by atoms with Crippen LogP contribution < -0.4 is 5.32 Å². The molecule has 1 amide bonds. The minimum absolute atomic E-state index is 0.0903. The maximum atomic E-state index is 12.1. The van der Waals surface area contributed by atoms with Crippen LogP contribution in [-0.2, 0) is 24.8 Å². The average Bonchev–Trinajstić information content (AvgIpc) is 3.16. The molecule has 9 heteroatoms. The van der Waals surface area contributed by atoms with Crippen LogP contribution in [0.3, 0.4) is 0 Å². The zero-order chi connectivity index (χ0) is 17.3. The summed E-state index contributed by atoms with van der Waals surface area (Å²) in [4.78, 5) is 12.1. The molecule has 0 saturated heterocycles. The Bertz CT molecular complexity index is 861. The average molecular weight is 347 g/mol. The molecule has 0 aliphatic carbocycles. The lowest BCUT2D eigenvalue weighted by Crippen LogP contribution is -2.15. The number of hydrogen-bond donors (Lipinski definition) is 1. The molecule has 8 nitrogen and oxygen atoms in total. The predicted molar refractivity (Wildman–Crippen MR) is 92.9 cm³/mol. The topological polar surface area (TPSA) is 90.5 Å². The fourth-order valence-corrected chi connectivity index (χ4v) is 3.57. The van der Waals surface area contributed by atoms with Gasteiger partial charge in [-0.25, -0.2) is 0 Å². The summed E-state index contributed by atoms with van der Waals surface area (Å²) in [6, 6.07) is 0. The van der Waals surface area contributed by atoms with Crippen LogP contribution in [0.5, 0.6) is 0 Å². The number of rotatable bonds is 6. The number of fused-ring (bicyclic) bond motifs is 1. The van der Waals surface area contributed by atoms with E-state index in [9.17, 15) is 4.79 Å². The van der Waals surface area contributed by atoms with E-state index in [-0.39, 0.29) is 5.91 Å². The Morgan fingerprint density at radius 3 is 2.92 bits per heavy atom. The van der Waals surface area contributed by atoms with Gasteiger partial charge in [-0.15, -0.1) is 10.2 Å². The number of anilines is 1. The Hall–Kier alpha value is -2.29. The molecule has 3 rings (SSSR count). The quantitative estimate of drug-likeness (QED) is 0.738. The van der Waals surface area contributed by atoms with Gasteiger partial charge in [0.15, 0.2) is 0 Å². The number of nitrogens with one attached hydrogen (secondary N) is 1. The summed E-state index contributed by atoms with van der Waals surface area (Å²) in [6.45, 7) is 6.70. The Morgan fingerprint density at radius 1 is 1.38 bits per heavy atom. The molecule has 3 aromatic heterocycles. The minimum Gasteiger partial charge on any atom is -0.300 e. The number of aryl methyl sites for hydroxylation is 3. The van der Waals surface area contributed by atoms with Gasteiger partial charge in [-0.2, -0.15) is 10.2 Å². The molecule has 0 fully saturated rings. The summed E-state index contributed by atoms with van der Waals surface area (Å²) >= 11 is 1.43. The van der Waals surface area contributed by atoms with Crippen LogP contribution >= 0.6 is 11.3 Å². The molecule has 1 N–H and O–H groups in total. The lowest BCUT2D eigenvalue weighted by molar-refractivity contribution is -0.116. The molecule has 24 heavy (non-hydrogen) atoms. The SMILES string of the molecule is Cc1nn(C)c2cnn(CCC(=O)Nc3nnc(CC(C)C)s3)c12. The molecule has 128 valence electrons. The van der Waals surface area contributed by atoms with Crippen LogP contribution in [0.2, 0.25) is 0 Å². The van der Waals surface area contributed by atoms with Gasteiger partial charge in [-0.1, -0.05) is 25.2 Å². The van der Waals surface area contributed by atoms with E-state index in [0.717, 1.165) is 28.2 Å². The van der Waals surface area contributed by atoms with E-state index in [1.807, 2.05) is 18.7 Å². The highest BCUT2D eigenvalue weighted by atomic mass is 32.1. The molecule has 0 bridgehead atoms. The number of hydrogen-bond acceptors (Lipinski definition) is 6. The molecule has 0 radical (unpaired) electrons. The normalized spacial score (nSPS) is 11.5. The van der Waals surface area contributed by atoms with E-state index in [1.54, 1.807) is 10.9 Å². The van der Waals surface area contributed by atoms with Crippen molar-refractivity contribution in [1.29, 1.82) is 0 Å². The Kier molecular flexibility index (Phi) is 4.61. The highest BCUT2D eigenvalue weighted by Crippen LogP contribution is 2.19. The van der Waals surface area contributed by atoms with E-state index < -0.39 is 0 Å². The molecule has 0 unspecified atom stereocenters. The first-order valence-electron chi connectivity index (χ1n) is 7.91. The number of carbonyl (C=O) groups excluding carboxylic acids is 1. The summed E-state index contributed by atoms with van der Waals surface area (Å²) in [6.07, 6.45) is 2.97. The van der Waals surface area contributed by atoms with Crippen molar-refractivity contribution in [3.05, 3.63) is 16.9 Å². The minimum atomic E-state index is -0.0903. The van der Waals surface area contributed by atoms with Crippen molar-refractivity contribution in [2.75, 3.05) is 5.32 Å². The van der Waals surface area contributed by atoms with E-state index in [4.69, 9.17) is 0 Å². The number of nitrogens with zero attached hydrogens (tertiary/aromatic N) is 6. The first-order valence-corrected chi connectivity index (χ1v) is 8.73. The second-order valence-electron chi connectivity index (χ2n) is 6.21. The fourth-order valence-electron chi connectivity index (χ4n) is 2.61. The van der Waals surface area contributed by atoms with Crippen LogP contribution in [0, 0.1) is 12.8 Å². The summed E-state index contributed by atoms with van der Waals surface area (Å²) in [7, 11) is 1.89. The molecule has 3 aromatic rings. The third-order valence-electron chi connectivity index (χ3n) is 3.66. The van der Waals surface area contributed by atoms with Gasteiger partial charge in [-0.3, -0.25) is 14.2 Å². The van der Waals surface area contributed by atoms with Gasteiger partial charge < -0.3 is 5.32 Å². The summed E-state index contributed by atoms with van der Waals surface area (Å²) in [5, 5.41) is 21.1. The van der Waals surface area contributed by atoms with Crippen LogP contribution in [0.15, 0.2) is 6.20 Å². The Labute approximate surface area is 143 Å². The van der Waals surface area contributed by atoms with Crippen molar-refractivity contribution in [1.82, 2.24) is 29.8 Å². The largest absolute Gasteiger partial charge is 0.300 e. The molecule has 0 atom stereocenters. The molecule has 0 saturated carbocycles. The standard InChI is InChI=1S/C15H21N7OS/c1-9(2)7-13-18-19-15(24-13)17-12(23)5-6-22-14-10(3)20-21(4)11(14)8-16-22/h8-9H,5-7H2,1-4H3,(H,17,19,23). The van der Waals surface area contributed by atoms with Crippen molar-refractivity contribution in [3.63, 3.8) is 0 Å². The van der Waals surface area contributed by atoms with Gasteiger partial charge in [0.1, 0.15) is 16.0 Å². The maximum absolute atomic E-state index is 12.1. The van der Waals surface area contributed by atoms with Gasteiger partial charge >= 0.3 is 0 Å². The van der Waals surface area contributed by atoms with Crippen molar-refractivity contribution >= 4 is 33.4 Å². The van der Waals surface area contributed by atoms with E-state index in [1.165, 1.54) is 11.3 Å². The molecule has 0 aromatic carbocycles. The van der Waals surface area contributed by atoms with Gasteiger partial charge in [0.05, 0.1) is 18.4 Å². The molecule has 3 heterocycles.